The highest BCUT2D eigenvalue weighted by molar-refractivity contribution is 9.10. The summed E-state index contributed by atoms with van der Waals surface area (Å²) in [5.41, 5.74) is -0.0672. The fourth-order valence-electron chi connectivity index (χ4n) is 2.49. The first kappa shape index (κ1) is 23.0. The Kier molecular flexibility index (Phi) is 7.88. The second-order valence-corrected chi connectivity index (χ2v) is 8.72. The Morgan fingerprint density at radius 2 is 1.83 bits per heavy atom. The van der Waals surface area contributed by atoms with Crippen molar-refractivity contribution in [2.24, 2.45) is 0 Å². The molecule has 0 bridgehead atoms. The van der Waals surface area contributed by atoms with Crippen molar-refractivity contribution in [3.05, 3.63) is 58.3 Å². The van der Waals surface area contributed by atoms with Crippen LogP contribution in [0.2, 0.25) is 0 Å². The van der Waals surface area contributed by atoms with Gasteiger partial charge in [0, 0.05) is 17.6 Å². The molecule has 2 aromatic carbocycles. The SMILES string of the molecule is CCN(CC)S(=O)(=O)c1cccc(C(=O)OCC(=O)Nc2ccc(Br)cc2F)c1. The maximum absolute atomic E-state index is 13.7. The Labute approximate surface area is 177 Å². The van der Waals surface area contributed by atoms with Crippen molar-refractivity contribution in [1.29, 1.82) is 0 Å². The number of sulfonamides is 1. The summed E-state index contributed by atoms with van der Waals surface area (Å²) in [6.45, 7) is 3.36. The molecule has 0 spiro atoms. The van der Waals surface area contributed by atoms with Gasteiger partial charge in [0.2, 0.25) is 10.0 Å². The molecular weight excluding hydrogens is 467 g/mol. The van der Waals surface area contributed by atoms with Crippen LogP contribution in [0.4, 0.5) is 10.1 Å². The molecule has 1 N–H and O–H groups in total. The molecule has 10 heteroatoms. The zero-order chi connectivity index (χ0) is 21.6. The summed E-state index contributed by atoms with van der Waals surface area (Å²) in [4.78, 5) is 24.1. The molecule has 0 aromatic heterocycles. The van der Waals surface area contributed by atoms with Gasteiger partial charge in [0.15, 0.2) is 6.61 Å². The Bertz CT molecular complexity index is 1010. The van der Waals surface area contributed by atoms with Gasteiger partial charge in [0.05, 0.1) is 16.1 Å². The second-order valence-electron chi connectivity index (χ2n) is 5.87. The van der Waals surface area contributed by atoms with Crippen LogP contribution in [0.5, 0.6) is 0 Å². The average Bonchev–Trinajstić information content (AvgIpc) is 2.69. The smallest absolute Gasteiger partial charge is 0.338 e. The van der Waals surface area contributed by atoms with E-state index < -0.39 is 34.3 Å². The van der Waals surface area contributed by atoms with E-state index in [9.17, 15) is 22.4 Å². The van der Waals surface area contributed by atoms with Gasteiger partial charge in [0.25, 0.3) is 5.91 Å². The maximum Gasteiger partial charge on any atom is 0.338 e. The number of halogens is 2. The summed E-state index contributed by atoms with van der Waals surface area (Å²) >= 11 is 3.11. The molecule has 2 aromatic rings. The maximum atomic E-state index is 13.7. The molecule has 0 aliphatic carbocycles. The van der Waals surface area contributed by atoms with E-state index >= 15 is 0 Å². The minimum Gasteiger partial charge on any atom is -0.452 e. The quantitative estimate of drug-likeness (QED) is 0.577. The van der Waals surface area contributed by atoms with Crippen LogP contribution in [0.3, 0.4) is 0 Å². The number of carbonyl (C=O) groups is 2. The third-order valence-corrected chi connectivity index (χ3v) is 6.49. The molecule has 7 nitrogen and oxygen atoms in total. The van der Waals surface area contributed by atoms with Crippen LogP contribution in [0.15, 0.2) is 51.8 Å². The number of nitrogens with zero attached hydrogens (tertiary/aromatic N) is 1. The number of esters is 1. The number of benzene rings is 2. The summed E-state index contributed by atoms with van der Waals surface area (Å²) in [5.74, 6) is -2.24. The van der Waals surface area contributed by atoms with Crippen molar-refractivity contribution in [3.8, 4) is 0 Å². The highest BCUT2D eigenvalue weighted by Gasteiger charge is 2.23. The van der Waals surface area contributed by atoms with Gasteiger partial charge in [-0.05, 0) is 36.4 Å². The molecule has 0 unspecified atom stereocenters. The van der Waals surface area contributed by atoms with Crippen molar-refractivity contribution in [2.75, 3.05) is 25.0 Å². The van der Waals surface area contributed by atoms with Crippen LogP contribution in [-0.4, -0.2) is 44.3 Å². The zero-order valence-electron chi connectivity index (χ0n) is 15.8. The van der Waals surface area contributed by atoms with E-state index in [1.54, 1.807) is 19.9 Å². The predicted molar refractivity (Wildman–Crippen MR) is 110 cm³/mol. The molecule has 0 saturated carbocycles. The number of amides is 1. The number of rotatable bonds is 8. The first-order valence-corrected chi connectivity index (χ1v) is 10.9. The minimum atomic E-state index is -3.74. The van der Waals surface area contributed by atoms with E-state index in [0.717, 1.165) is 0 Å². The Balaban J connectivity index is 2.05. The van der Waals surface area contributed by atoms with Gasteiger partial charge in [-0.15, -0.1) is 0 Å². The third-order valence-electron chi connectivity index (χ3n) is 3.95. The van der Waals surface area contributed by atoms with Crippen LogP contribution in [0, 0.1) is 5.82 Å². The number of hydrogen-bond donors (Lipinski definition) is 1. The van der Waals surface area contributed by atoms with Crippen LogP contribution in [-0.2, 0) is 19.6 Å². The summed E-state index contributed by atoms with van der Waals surface area (Å²) in [6.07, 6.45) is 0. The van der Waals surface area contributed by atoms with Gasteiger partial charge in [-0.2, -0.15) is 4.31 Å². The normalized spacial score (nSPS) is 11.3. The lowest BCUT2D eigenvalue weighted by Gasteiger charge is -2.18. The lowest BCUT2D eigenvalue weighted by Crippen LogP contribution is -2.30. The Morgan fingerprint density at radius 1 is 1.14 bits per heavy atom. The van der Waals surface area contributed by atoms with E-state index in [1.807, 2.05) is 0 Å². The monoisotopic (exact) mass is 486 g/mol. The van der Waals surface area contributed by atoms with Gasteiger partial charge >= 0.3 is 5.97 Å². The highest BCUT2D eigenvalue weighted by atomic mass is 79.9. The first-order chi connectivity index (χ1) is 13.7. The Morgan fingerprint density at radius 3 is 2.45 bits per heavy atom. The third kappa shape index (κ3) is 5.84. The molecule has 29 heavy (non-hydrogen) atoms. The molecule has 1 amide bonds. The number of hydrogen-bond acceptors (Lipinski definition) is 5. The average molecular weight is 487 g/mol. The molecule has 0 atom stereocenters. The molecule has 0 radical (unpaired) electrons. The van der Waals surface area contributed by atoms with Crippen LogP contribution < -0.4 is 5.32 Å². The lowest BCUT2D eigenvalue weighted by molar-refractivity contribution is -0.119. The fraction of sp³-hybridized carbons (Fsp3) is 0.263. The summed E-state index contributed by atoms with van der Waals surface area (Å²) < 4.78 is 45.6. The number of anilines is 1. The van der Waals surface area contributed by atoms with E-state index in [0.29, 0.717) is 17.6 Å². The molecule has 0 aliphatic heterocycles. The van der Waals surface area contributed by atoms with Gasteiger partial charge in [0.1, 0.15) is 5.82 Å². The van der Waals surface area contributed by atoms with Crippen LogP contribution in [0.1, 0.15) is 24.2 Å². The number of nitrogens with one attached hydrogen (secondary N) is 1. The fourth-order valence-corrected chi connectivity index (χ4v) is 4.33. The molecule has 0 saturated heterocycles. The first-order valence-electron chi connectivity index (χ1n) is 8.71. The molecule has 2 rings (SSSR count). The van der Waals surface area contributed by atoms with Crippen molar-refractivity contribution < 1.29 is 27.1 Å². The van der Waals surface area contributed by atoms with Crippen molar-refractivity contribution in [3.63, 3.8) is 0 Å². The standard InChI is InChI=1S/C19H20BrFN2O5S/c1-3-23(4-2)29(26,27)15-7-5-6-13(10-15)19(25)28-12-18(24)22-17-9-8-14(20)11-16(17)21/h5-11H,3-4,12H2,1-2H3,(H,22,24). The lowest BCUT2D eigenvalue weighted by atomic mass is 10.2. The van der Waals surface area contributed by atoms with E-state index in [-0.39, 0.29) is 16.1 Å². The van der Waals surface area contributed by atoms with Crippen LogP contribution >= 0.6 is 15.9 Å². The van der Waals surface area contributed by atoms with E-state index in [2.05, 4.69) is 21.2 Å². The molecule has 0 fully saturated rings. The molecule has 0 heterocycles. The zero-order valence-corrected chi connectivity index (χ0v) is 18.2. The topological polar surface area (TPSA) is 92.8 Å². The van der Waals surface area contributed by atoms with E-state index in [1.165, 1.54) is 40.7 Å². The minimum absolute atomic E-state index is 0.0131. The number of carbonyl (C=O) groups excluding carboxylic acids is 2. The summed E-state index contributed by atoms with van der Waals surface area (Å²) in [5, 5.41) is 2.30. The van der Waals surface area contributed by atoms with Crippen molar-refractivity contribution in [1.82, 2.24) is 4.31 Å². The predicted octanol–water partition coefficient (Wildman–Crippen LogP) is 3.41. The second kappa shape index (κ2) is 9.95. The Hall–Kier alpha value is -2.30. The van der Waals surface area contributed by atoms with Crippen LogP contribution in [0.25, 0.3) is 0 Å². The van der Waals surface area contributed by atoms with Gasteiger partial charge < -0.3 is 10.1 Å². The molecular formula is C19H20BrFN2O5S. The van der Waals surface area contributed by atoms with Gasteiger partial charge in [-0.1, -0.05) is 35.8 Å². The van der Waals surface area contributed by atoms with Crippen molar-refractivity contribution in [2.45, 2.75) is 18.7 Å². The highest BCUT2D eigenvalue weighted by Crippen LogP contribution is 2.20. The molecule has 156 valence electrons. The van der Waals surface area contributed by atoms with E-state index in [4.69, 9.17) is 4.74 Å². The van der Waals surface area contributed by atoms with Gasteiger partial charge in [-0.25, -0.2) is 17.6 Å². The number of ether oxygens (including phenoxy) is 1. The summed E-state index contributed by atoms with van der Waals surface area (Å²) in [6, 6.07) is 9.48. The summed E-state index contributed by atoms with van der Waals surface area (Å²) in [7, 11) is -3.74. The van der Waals surface area contributed by atoms with Crippen molar-refractivity contribution >= 4 is 43.5 Å². The van der Waals surface area contributed by atoms with Gasteiger partial charge in [-0.3, -0.25) is 4.79 Å². The molecule has 0 aliphatic rings. The largest absolute Gasteiger partial charge is 0.452 e.